The molecule has 2 aliphatic rings. The van der Waals surface area contributed by atoms with Gasteiger partial charge in [0, 0.05) is 11.3 Å². The Kier molecular flexibility index (Phi) is 6.79. The standard InChI is InChI=1S/C45H34N2/c1-4-14-31(15-5-1)35-26-29-39-40(30-35)44(38-21-11-10-20-37(38)43(39)32-16-6-2-7-17-32)33-24-27-36(28-25-33)47-42-23-13-12-22-41(42)46-45(47)34-18-8-3-9-19-34/h2-4,6,8-16,18-30H,1,5,7,17H2. The first kappa shape index (κ1) is 27.6. The van der Waals surface area contributed by atoms with Crippen molar-refractivity contribution in [2.45, 2.75) is 25.7 Å². The second-order valence-corrected chi connectivity index (χ2v) is 12.5. The van der Waals surface area contributed by atoms with Crippen LogP contribution in [0.4, 0.5) is 0 Å². The summed E-state index contributed by atoms with van der Waals surface area (Å²) in [5.41, 5.74) is 12.2. The molecule has 0 bridgehead atoms. The van der Waals surface area contributed by atoms with Gasteiger partial charge in [-0.05, 0) is 111 Å². The van der Waals surface area contributed by atoms with Gasteiger partial charge < -0.3 is 0 Å². The van der Waals surface area contributed by atoms with Gasteiger partial charge in [0.25, 0.3) is 0 Å². The van der Waals surface area contributed by atoms with Gasteiger partial charge in [-0.2, -0.15) is 0 Å². The summed E-state index contributed by atoms with van der Waals surface area (Å²) in [6, 6.07) is 44.1. The van der Waals surface area contributed by atoms with Gasteiger partial charge in [-0.15, -0.1) is 0 Å². The van der Waals surface area contributed by atoms with Crippen molar-refractivity contribution in [2.24, 2.45) is 0 Å². The smallest absolute Gasteiger partial charge is 0.145 e. The minimum Gasteiger partial charge on any atom is -0.292 e. The Bertz CT molecular complexity index is 2430. The zero-order valence-electron chi connectivity index (χ0n) is 26.2. The third-order valence-corrected chi connectivity index (χ3v) is 9.69. The van der Waals surface area contributed by atoms with Crippen molar-refractivity contribution in [3.05, 3.63) is 169 Å². The average molecular weight is 603 g/mol. The number of fused-ring (bicyclic) bond motifs is 3. The zero-order valence-corrected chi connectivity index (χ0v) is 26.2. The maximum Gasteiger partial charge on any atom is 0.145 e. The summed E-state index contributed by atoms with van der Waals surface area (Å²) < 4.78 is 2.29. The summed E-state index contributed by atoms with van der Waals surface area (Å²) in [6.45, 7) is 0. The molecule has 2 aliphatic carbocycles. The van der Waals surface area contributed by atoms with Crippen LogP contribution in [-0.4, -0.2) is 9.55 Å². The number of benzene rings is 6. The van der Waals surface area contributed by atoms with Gasteiger partial charge in [-0.1, -0.05) is 127 Å². The van der Waals surface area contributed by atoms with E-state index in [0.717, 1.165) is 53.8 Å². The number of hydrogen-bond acceptors (Lipinski definition) is 1. The average Bonchev–Trinajstić information content (AvgIpc) is 3.54. The molecule has 1 aromatic heterocycles. The predicted octanol–water partition coefficient (Wildman–Crippen LogP) is 12.1. The number of allylic oxidation sites excluding steroid dienone is 8. The molecular weight excluding hydrogens is 569 g/mol. The molecule has 0 spiro atoms. The van der Waals surface area contributed by atoms with Gasteiger partial charge in [0.1, 0.15) is 5.82 Å². The van der Waals surface area contributed by atoms with E-state index in [2.05, 4.69) is 162 Å². The summed E-state index contributed by atoms with van der Waals surface area (Å²) in [5, 5.41) is 5.23. The van der Waals surface area contributed by atoms with Crippen molar-refractivity contribution in [2.75, 3.05) is 0 Å². The summed E-state index contributed by atoms with van der Waals surface area (Å²) >= 11 is 0. The minimum absolute atomic E-state index is 0.952. The van der Waals surface area contributed by atoms with Crippen LogP contribution >= 0.6 is 0 Å². The number of rotatable bonds is 5. The molecule has 2 nitrogen and oxygen atoms in total. The Hall–Kier alpha value is -5.73. The van der Waals surface area contributed by atoms with Crippen LogP contribution in [0.25, 0.3) is 71.9 Å². The summed E-state index contributed by atoms with van der Waals surface area (Å²) in [4.78, 5) is 5.07. The van der Waals surface area contributed by atoms with E-state index >= 15 is 0 Å². The molecule has 0 saturated heterocycles. The molecule has 1 heterocycles. The highest BCUT2D eigenvalue weighted by atomic mass is 15.1. The first-order chi connectivity index (χ1) is 23.3. The summed E-state index contributed by atoms with van der Waals surface area (Å²) in [5.74, 6) is 0.952. The lowest BCUT2D eigenvalue weighted by atomic mass is 9.83. The van der Waals surface area contributed by atoms with E-state index < -0.39 is 0 Å². The lowest BCUT2D eigenvalue weighted by molar-refractivity contribution is 1.04. The SMILES string of the molecule is C1=CCCC(c2c3ccccc3c(-c3ccc(-n4c(-c5ccccc5)nc5ccccc54)cc3)c3cc(C4=CCCC=C4)ccc23)=C1. The van der Waals surface area contributed by atoms with Crippen molar-refractivity contribution in [3.8, 4) is 28.2 Å². The van der Waals surface area contributed by atoms with E-state index in [0.29, 0.717) is 0 Å². The Morgan fingerprint density at radius 1 is 0.553 bits per heavy atom. The van der Waals surface area contributed by atoms with Gasteiger partial charge in [0.15, 0.2) is 0 Å². The molecule has 2 heteroatoms. The number of nitrogens with zero attached hydrogens (tertiary/aromatic N) is 2. The van der Waals surface area contributed by atoms with Crippen LogP contribution in [0.3, 0.4) is 0 Å². The largest absolute Gasteiger partial charge is 0.292 e. The molecule has 224 valence electrons. The number of imidazole rings is 1. The highest BCUT2D eigenvalue weighted by Gasteiger charge is 2.20. The quantitative estimate of drug-likeness (QED) is 0.179. The second-order valence-electron chi connectivity index (χ2n) is 12.5. The molecule has 47 heavy (non-hydrogen) atoms. The van der Waals surface area contributed by atoms with E-state index in [1.807, 2.05) is 0 Å². The molecule has 0 saturated carbocycles. The maximum absolute atomic E-state index is 5.07. The lowest BCUT2D eigenvalue weighted by Crippen LogP contribution is -1.98. The minimum atomic E-state index is 0.952. The van der Waals surface area contributed by atoms with E-state index in [1.165, 1.54) is 54.9 Å². The highest BCUT2D eigenvalue weighted by molar-refractivity contribution is 6.19. The molecule has 0 amide bonds. The van der Waals surface area contributed by atoms with Crippen molar-refractivity contribution >= 4 is 43.7 Å². The Morgan fingerprint density at radius 3 is 2.09 bits per heavy atom. The van der Waals surface area contributed by atoms with Crippen molar-refractivity contribution in [1.29, 1.82) is 0 Å². The van der Waals surface area contributed by atoms with Gasteiger partial charge in [-0.25, -0.2) is 4.98 Å². The fraction of sp³-hybridized carbons (Fsp3) is 0.0889. The normalized spacial score (nSPS) is 14.6. The van der Waals surface area contributed by atoms with E-state index in [9.17, 15) is 0 Å². The summed E-state index contributed by atoms with van der Waals surface area (Å²) in [6.07, 6.45) is 18.1. The Labute approximate surface area is 275 Å². The van der Waals surface area contributed by atoms with E-state index in [-0.39, 0.29) is 0 Å². The topological polar surface area (TPSA) is 17.8 Å². The van der Waals surface area contributed by atoms with Crippen LogP contribution in [0.15, 0.2) is 158 Å². The maximum atomic E-state index is 5.07. The van der Waals surface area contributed by atoms with Crippen molar-refractivity contribution in [1.82, 2.24) is 9.55 Å². The molecule has 0 N–H and O–H groups in total. The predicted molar refractivity (Wildman–Crippen MR) is 200 cm³/mol. The second kappa shape index (κ2) is 11.6. The monoisotopic (exact) mass is 602 g/mol. The molecule has 0 atom stereocenters. The van der Waals surface area contributed by atoms with E-state index in [4.69, 9.17) is 4.98 Å². The first-order valence-electron chi connectivity index (χ1n) is 16.7. The van der Waals surface area contributed by atoms with Gasteiger partial charge >= 0.3 is 0 Å². The number of hydrogen-bond donors (Lipinski definition) is 0. The molecule has 0 unspecified atom stereocenters. The van der Waals surface area contributed by atoms with Gasteiger partial charge in [0.05, 0.1) is 11.0 Å². The van der Waals surface area contributed by atoms with Gasteiger partial charge in [-0.3, -0.25) is 4.57 Å². The molecule has 0 aliphatic heterocycles. The van der Waals surface area contributed by atoms with Crippen LogP contribution in [-0.2, 0) is 0 Å². The van der Waals surface area contributed by atoms with Crippen LogP contribution in [0.2, 0.25) is 0 Å². The van der Waals surface area contributed by atoms with Crippen molar-refractivity contribution in [3.63, 3.8) is 0 Å². The van der Waals surface area contributed by atoms with Crippen LogP contribution in [0, 0.1) is 0 Å². The molecular formula is C45H34N2. The summed E-state index contributed by atoms with van der Waals surface area (Å²) in [7, 11) is 0. The Morgan fingerprint density at radius 2 is 1.30 bits per heavy atom. The number of para-hydroxylation sites is 2. The molecule has 0 radical (unpaired) electrons. The third kappa shape index (κ3) is 4.76. The van der Waals surface area contributed by atoms with E-state index in [1.54, 1.807) is 0 Å². The van der Waals surface area contributed by atoms with Crippen LogP contribution < -0.4 is 0 Å². The Balaban J connectivity index is 1.28. The van der Waals surface area contributed by atoms with Crippen LogP contribution in [0.5, 0.6) is 0 Å². The lowest BCUT2D eigenvalue weighted by Gasteiger charge is -2.21. The van der Waals surface area contributed by atoms with Crippen LogP contribution in [0.1, 0.15) is 36.8 Å². The number of aromatic nitrogens is 2. The van der Waals surface area contributed by atoms with Crippen molar-refractivity contribution < 1.29 is 0 Å². The molecule has 7 aromatic rings. The van der Waals surface area contributed by atoms with Gasteiger partial charge in [0.2, 0.25) is 0 Å². The third-order valence-electron chi connectivity index (χ3n) is 9.69. The highest BCUT2D eigenvalue weighted by Crippen LogP contribution is 2.44. The first-order valence-corrected chi connectivity index (χ1v) is 16.7. The zero-order chi connectivity index (χ0) is 31.2. The molecule has 9 rings (SSSR count). The molecule has 0 fully saturated rings. The fourth-order valence-corrected chi connectivity index (χ4v) is 7.50. The fourth-order valence-electron chi connectivity index (χ4n) is 7.50. The molecule has 6 aromatic carbocycles.